The van der Waals surface area contributed by atoms with E-state index in [-0.39, 0.29) is 5.25 Å². The standard InChI is InChI=1S/C8H8N2OS/c1-5(12)8-10-6-2-3-9-4-7(6)11-8/h2-5,12H,1H3. The molecule has 1 atom stereocenters. The van der Waals surface area contributed by atoms with Crippen LogP contribution in [-0.2, 0) is 0 Å². The molecule has 2 heterocycles. The lowest BCUT2D eigenvalue weighted by atomic mass is 10.4. The minimum atomic E-state index is 0.0254. The Hall–Kier alpha value is -1.03. The molecular weight excluding hydrogens is 172 g/mol. The molecule has 0 radical (unpaired) electrons. The van der Waals surface area contributed by atoms with Gasteiger partial charge in [0.05, 0.1) is 11.4 Å². The van der Waals surface area contributed by atoms with E-state index in [0.717, 1.165) is 5.52 Å². The molecule has 0 aliphatic carbocycles. The van der Waals surface area contributed by atoms with E-state index in [1.807, 2.05) is 13.0 Å². The highest BCUT2D eigenvalue weighted by Gasteiger charge is 2.08. The molecule has 0 aliphatic rings. The number of pyridine rings is 1. The largest absolute Gasteiger partial charge is 0.438 e. The second-order valence-corrected chi connectivity index (χ2v) is 3.35. The van der Waals surface area contributed by atoms with Crippen LogP contribution < -0.4 is 0 Å². The van der Waals surface area contributed by atoms with Crippen LogP contribution in [0, 0.1) is 0 Å². The summed E-state index contributed by atoms with van der Waals surface area (Å²) in [4.78, 5) is 8.16. The van der Waals surface area contributed by atoms with Crippen molar-refractivity contribution in [3.05, 3.63) is 24.4 Å². The second-order valence-electron chi connectivity index (χ2n) is 2.57. The van der Waals surface area contributed by atoms with E-state index in [0.29, 0.717) is 11.5 Å². The first-order valence-corrected chi connectivity index (χ1v) is 4.17. The average Bonchev–Trinajstić information content (AvgIpc) is 2.46. The predicted octanol–water partition coefficient (Wildman–Crippen LogP) is 2.21. The van der Waals surface area contributed by atoms with Crippen molar-refractivity contribution in [1.29, 1.82) is 0 Å². The van der Waals surface area contributed by atoms with Gasteiger partial charge in [-0.3, -0.25) is 4.98 Å². The average molecular weight is 180 g/mol. The van der Waals surface area contributed by atoms with Gasteiger partial charge in [-0.2, -0.15) is 12.6 Å². The van der Waals surface area contributed by atoms with Crippen molar-refractivity contribution in [3.8, 4) is 0 Å². The lowest BCUT2D eigenvalue weighted by Gasteiger charge is -1.92. The molecule has 0 N–H and O–H groups in total. The maximum atomic E-state index is 5.38. The van der Waals surface area contributed by atoms with Crippen molar-refractivity contribution >= 4 is 23.7 Å². The third-order valence-electron chi connectivity index (χ3n) is 1.57. The van der Waals surface area contributed by atoms with Crippen LogP contribution in [0.15, 0.2) is 22.9 Å². The van der Waals surface area contributed by atoms with Crippen LogP contribution in [0.4, 0.5) is 0 Å². The molecule has 0 saturated heterocycles. The van der Waals surface area contributed by atoms with Crippen molar-refractivity contribution in [2.24, 2.45) is 0 Å². The molecule has 1 unspecified atom stereocenters. The first-order chi connectivity index (χ1) is 5.77. The molecular formula is C8H8N2OS. The Labute approximate surface area is 75.2 Å². The zero-order valence-corrected chi connectivity index (χ0v) is 7.45. The van der Waals surface area contributed by atoms with Gasteiger partial charge in [0.1, 0.15) is 5.52 Å². The molecule has 0 amide bonds. The van der Waals surface area contributed by atoms with Gasteiger partial charge in [-0.1, -0.05) is 0 Å². The molecule has 0 aliphatic heterocycles. The van der Waals surface area contributed by atoms with Crippen LogP contribution in [0.25, 0.3) is 11.1 Å². The molecule has 0 spiro atoms. The number of hydrogen-bond donors (Lipinski definition) is 1. The number of thiol groups is 1. The second kappa shape index (κ2) is 2.79. The Morgan fingerprint density at radius 2 is 2.42 bits per heavy atom. The zero-order valence-electron chi connectivity index (χ0n) is 6.56. The molecule has 2 aromatic rings. The minimum Gasteiger partial charge on any atom is -0.438 e. The highest BCUT2D eigenvalue weighted by atomic mass is 32.1. The summed E-state index contributed by atoms with van der Waals surface area (Å²) >= 11 is 4.22. The van der Waals surface area contributed by atoms with Gasteiger partial charge in [0, 0.05) is 6.20 Å². The summed E-state index contributed by atoms with van der Waals surface area (Å²) in [5.41, 5.74) is 1.55. The highest BCUT2D eigenvalue weighted by molar-refractivity contribution is 7.80. The quantitative estimate of drug-likeness (QED) is 0.684. The lowest BCUT2D eigenvalue weighted by Crippen LogP contribution is -1.81. The van der Waals surface area contributed by atoms with Crippen molar-refractivity contribution in [1.82, 2.24) is 9.97 Å². The van der Waals surface area contributed by atoms with Crippen molar-refractivity contribution in [2.75, 3.05) is 0 Å². The third-order valence-corrected chi connectivity index (χ3v) is 1.79. The molecule has 4 heteroatoms. The lowest BCUT2D eigenvalue weighted by molar-refractivity contribution is 0.534. The van der Waals surface area contributed by atoms with Gasteiger partial charge in [-0.05, 0) is 13.0 Å². The van der Waals surface area contributed by atoms with E-state index in [1.165, 1.54) is 0 Å². The predicted molar refractivity (Wildman–Crippen MR) is 49.2 cm³/mol. The fourth-order valence-corrected chi connectivity index (χ4v) is 1.09. The summed E-state index contributed by atoms with van der Waals surface area (Å²) in [6.45, 7) is 1.92. The van der Waals surface area contributed by atoms with E-state index >= 15 is 0 Å². The Morgan fingerprint density at radius 3 is 3.08 bits per heavy atom. The van der Waals surface area contributed by atoms with Crippen LogP contribution in [0.5, 0.6) is 0 Å². The Balaban J connectivity index is 2.62. The molecule has 0 fully saturated rings. The first-order valence-electron chi connectivity index (χ1n) is 3.66. The smallest absolute Gasteiger partial charge is 0.208 e. The van der Waals surface area contributed by atoms with Crippen LogP contribution >= 0.6 is 12.6 Å². The van der Waals surface area contributed by atoms with E-state index in [9.17, 15) is 0 Å². The number of nitrogens with zero attached hydrogens (tertiary/aromatic N) is 2. The number of fused-ring (bicyclic) bond motifs is 1. The zero-order chi connectivity index (χ0) is 8.55. The van der Waals surface area contributed by atoms with Gasteiger partial charge in [0.2, 0.25) is 5.89 Å². The maximum Gasteiger partial charge on any atom is 0.208 e. The molecule has 12 heavy (non-hydrogen) atoms. The maximum absolute atomic E-state index is 5.38. The first kappa shape index (κ1) is 7.61. The van der Waals surface area contributed by atoms with Crippen molar-refractivity contribution < 1.29 is 4.42 Å². The molecule has 3 nitrogen and oxygen atoms in total. The van der Waals surface area contributed by atoms with Crippen LogP contribution in [0.1, 0.15) is 18.1 Å². The van der Waals surface area contributed by atoms with Gasteiger partial charge >= 0.3 is 0 Å². The topological polar surface area (TPSA) is 38.9 Å². The van der Waals surface area contributed by atoms with Gasteiger partial charge in [0.15, 0.2) is 5.58 Å². The van der Waals surface area contributed by atoms with Crippen molar-refractivity contribution in [2.45, 2.75) is 12.2 Å². The highest BCUT2D eigenvalue weighted by Crippen LogP contribution is 2.22. The summed E-state index contributed by atoms with van der Waals surface area (Å²) in [7, 11) is 0. The number of aromatic nitrogens is 2. The normalized spacial score (nSPS) is 13.5. The van der Waals surface area contributed by atoms with Crippen LogP contribution in [-0.4, -0.2) is 9.97 Å². The van der Waals surface area contributed by atoms with Crippen molar-refractivity contribution in [3.63, 3.8) is 0 Å². The summed E-state index contributed by atoms with van der Waals surface area (Å²) in [5.74, 6) is 0.640. The van der Waals surface area contributed by atoms with Crippen LogP contribution in [0.2, 0.25) is 0 Å². The summed E-state index contributed by atoms with van der Waals surface area (Å²) in [6.07, 6.45) is 3.35. The van der Waals surface area contributed by atoms with Gasteiger partial charge in [-0.15, -0.1) is 0 Å². The van der Waals surface area contributed by atoms with E-state index in [1.54, 1.807) is 12.4 Å². The Kier molecular flexibility index (Phi) is 1.77. The molecule has 0 bridgehead atoms. The fraction of sp³-hybridized carbons (Fsp3) is 0.250. The SMILES string of the molecule is CC(S)c1nc2ccncc2o1. The molecule has 0 aromatic carbocycles. The molecule has 2 aromatic heterocycles. The Bertz CT molecular complexity index is 364. The molecule has 0 saturated carbocycles. The number of hydrogen-bond acceptors (Lipinski definition) is 4. The van der Waals surface area contributed by atoms with Gasteiger partial charge < -0.3 is 4.42 Å². The molecule has 2 rings (SSSR count). The molecule has 62 valence electrons. The van der Waals surface area contributed by atoms with E-state index in [4.69, 9.17) is 4.42 Å². The van der Waals surface area contributed by atoms with Gasteiger partial charge in [-0.25, -0.2) is 4.98 Å². The minimum absolute atomic E-state index is 0.0254. The fourth-order valence-electron chi connectivity index (χ4n) is 0.977. The van der Waals surface area contributed by atoms with Crippen LogP contribution in [0.3, 0.4) is 0 Å². The number of rotatable bonds is 1. The Morgan fingerprint density at radius 1 is 1.58 bits per heavy atom. The van der Waals surface area contributed by atoms with E-state index < -0.39 is 0 Å². The summed E-state index contributed by atoms with van der Waals surface area (Å²) in [6, 6.07) is 1.82. The van der Waals surface area contributed by atoms with Gasteiger partial charge in [0.25, 0.3) is 0 Å². The third kappa shape index (κ3) is 1.18. The summed E-state index contributed by atoms with van der Waals surface area (Å²) < 4.78 is 5.38. The van der Waals surface area contributed by atoms with E-state index in [2.05, 4.69) is 22.6 Å². The number of oxazole rings is 1. The monoisotopic (exact) mass is 180 g/mol. The summed E-state index contributed by atoms with van der Waals surface area (Å²) in [5, 5.41) is 0.0254.